The average molecular weight is 464 g/mol. The summed E-state index contributed by atoms with van der Waals surface area (Å²) in [5.41, 5.74) is 1.58. The maximum absolute atomic E-state index is 13.1. The van der Waals surface area contributed by atoms with Gasteiger partial charge in [0.25, 0.3) is 0 Å². The van der Waals surface area contributed by atoms with Crippen molar-refractivity contribution in [3.05, 3.63) is 11.9 Å². The molecule has 0 saturated carbocycles. The summed E-state index contributed by atoms with van der Waals surface area (Å²) in [6.07, 6.45) is 12.0. The van der Waals surface area contributed by atoms with Gasteiger partial charge < -0.3 is 0 Å². The molecule has 1 heterocycles. The largest absolute Gasteiger partial charge is 0.308 e. The molecule has 0 fully saturated rings. The van der Waals surface area contributed by atoms with Crippen LogP contribution in [0.2, 0.25) is 18.1 Å². The first-order chi connectivity index (χ1) is 13.4. The molecular weight excluding hydrogens is 422 g/mol. The van der Waals surface area contributed by atoms with Crippen molar-refractivity contribution in [2.45, 2.75) is 96.7 Å². The van der Waals surface area contributed by atoms with Crippen molar-refractivity contribution in [1.29, 1.82) is 0 Å². The Bertz CT molecular complexity index is 725. The number of aromatic nitrogens is 2. The number of nitrogens with zero attached hydrogens (tertiary/aromatic N) is 3. The molecule has 0 aromatic carbocycles. The van der Waals surface area contributed by atoms with Crippen molar-refractivity contribution in [2.75, 3.05) is 20.0 Å². The van der Waals surface area contributed by atoms with Gasteiger partial charge in [-0.2, -0.15) is 12.7 Å². The van der Waals surface area contributed by atoms with Gasteiger partial charge in [-0.05, 0) is 24.3 Å². The fourth-order valence-electron chi connectivity index (χ4n) is 3.18. The van der Waals surface area contributed by atoms with E-state index in [0.29, 0.717) is 0 Å². The summed E-state index contributed by atoms with van der Waals surface area (Å²) >= 11 is 5.71. The minimum atomic E-state index is -3.59. The van der Waals surface area contributed by atoms with Crippen LogP contribution >= 0.6 is 11.6 Å². The lowest BCUT2D eigenvalue weighted by atomic mass is 10.1. The van der Waals surface area contributed by atoms with Crippen LogP contribution in [0.4, 0.5) is 0 Å². The van der Waals surface area contributed by atoms with E-state index in [1.54, 1.807) is 24.3 Å². The first kappa shape index (κ1) is 26.7. The van der Waals surface area contributed by atoms with Gasteiger partial charge in [0.1, 0.15) is 13.5 Å². The highest BCUT2D eigenvalue weighted by atomic mass is 35.5. The van der Waals surface area contributed by atoms with Gasteiger partial charge in [-0.15, -0.1) is 11.6 Å². The predicted octanol–water partition coefficient (Wildman–Crippen LogP) is 5.16. The second-order valence-corrected chi connectivity index (χ2v) is 17.3. The molecule has 0 N–H and O–H groups in total. The van der Waals surface area contributed by atoms with E-state index in [-0.39, 0.29) is 5.04 Å². The quantitative estimate of drug-likeness (QED) is 0.231. The Balaban J connectivity index is 2.87. The second-order valence-electron chi connectivity index (χ2n) is 9.77. The summed E-state index contributed by atoms with van der Waals surface area (Å²) in [5.74, 6) is 0.764. The van der Waals surface area contributed by atoms with Crippen LogP contribution in [0.25, 0.3) is 0 Å². The fourth-order valence-corrected chi connectivity index (χ4v) is 7.13. The summed E-state index contributed by atoms with van der Waals surface area (Å²) in [4.78, 5) is 4.67. The Hall–Kier alpha value is -0.373. The number of imidazole rings is 1. The average Bonchev–Trinajstić information content (AvgIpc) is 3.04. The molecule has 0 unspecified atom stereocenters. The molecule has 0 amide bonds. The predicted molar refractivity (Wildman–Crippen MR) is 128 cm³/mol. The number of rotatable bonds is 13. The number of hydrogen-bond acceptors (Lipinski definition) is 3. The molecule has 0 radical (unpaired) electrons. The molecule has 1 rings (SSSR count). The number of aryl methyl sites for hydroxylation is 1. The summed E-state index contributed by atoms with van der Waals surface area (Å²) in [6.45, 7) is 11.0. The molecule has 0 spiro atoms. The van der Waals surface area contributed by atoms with Gasteiger partial charge in [-0.25, -0.2) is 8.96 Å². The molecule has 0 aliphatic rings. The summed E-state index contributed by atoms with van der Waals surface area (Å²) < 4.78 is 29.1. The lowest BCUT2D eigenvalue weighted by molar-refractivity contribution is 0.508. The lowest BCUT2D eigenvalue weighted by Gasteiger charge is -2.36. The van der Waals surface area contributed by atoms with Crippen LogP contribution in [0.1, 0.15) is 77.8 Å². The number of alkyl halides is 1. The molecule has 5 nitrogen and oxygen atoms in total. The fraction of sp³-hybridized carbons (Fsp3) is 0.857. The zero-order chi connectivity index (χ0) is 22.3. The topological polar surface area (TPSA) is 55.2 Å². The van der Waals surface area contributed by atoms with Gasteiger partial charge in [0.2, 0.25) is 0 Å². The molecule has 29 heavy (non-hydrogen) atoms. The molecule has 0 atom stereocenters. The smallest absolute Gasteiger partial charge is 0.246 e. The summed E-state index contributed by atoms with van der Waals surface area (Å²) in [6, 6.07) is 0. The van der Waals surface area contributed by atoms with E-state index in [2.05, 4.69) is 38.8 Å². The lowest BCUT2D eigenvalue weighted by Crippen LogP contribution is -2.56. The van der Waals surface area contributed by atoms with Crippen molar-refractivity contribution in [3.8, 4) is 0 Å². The maximum Gasteiger partial charge on any atom is 0.308 e. The third-order valence-corrected chi connectivity index (χ3v) is 13.7. The molecule has 0 saturated heterocycles. The Labute approximate surface area is 185 Å². The van der Waals surface area contributed by atoms with Crippen molar-refractivity contribution < 1.29 is 8.42 Å². The van der Waals surface area contributed by atoms with Crippen LogP contribution in [-0.2, 0) is 16.6 Å². The van der Waals surface area contributed by atoms with E-state index in [1.807, 2.05) is 0 Å². The van der Waals surface area contributed by atoms with Gasteiger partial charge in [0, 0.05) is 26.2 Å². The van der Waals surface area contributed by atoms with Crippen LogP contribution < -0.4 is 5.45 Å². The van der Waals surface area contributed by atoms with E-state index < -0.39 is 18.3 Å². The van der Waals surface area contributed by atoms with Gasteiger partial charge in [-0.1, -0.05) is 72.4 Å². The Morgan fingerprint density at radius 3 is 1.93 bits per heavy atom. The van der Waals surface area contributed by atoms with Crippen LogP contribution in [0, 0.1) is 0 Å². The molecule has 170 valence electrons. The van der Waals surface area contributed by atoms with Crippen LogP contribution in [-0.4, -0.2) is 49.7 Å². The van der Waals surface area contributed by atoms with Crippen LogP contribution in [0.15, 0.2) is 6.20 Å². The SMILES string of the molecule is CN(C)S(=O)(=O)n1c(CCCCCCCCCCCl)cnc1[Si](C)(C)C(C)(C)C. The van der Waals surface area contributed by atoms with Crippen molar-refractivity contribution in [2.24, 2.45) is 0 Å². The second kappa shape index (κ2) is 11.3. The summed E-state index contributed by atoms with van der Waals surface area (Å²) in [7, 11) is -2.50. The number of halogens is 1. The van der Waals surface area contributed by atoms with E-state index in [4.69, 9.17) is 11.6 Å². The third kappa shape index (κ3) is 7.08. The minimum Gasteiger partial charge on any atom is -0.246 e. The minimum absolute atomic E-state index is 0.0126. The Kier molecular flexibility index (Phi) is 10.4. The molecule has 0 aliphatic carbocycles. The number of hydrogen-bond donors (Lipinski definition) is 0. The van der Waals surface area contributed by atoms with Crippen LogP contribution in [0.3, 0.4) is 0 Å². The van der Waals surface area contributed by atoms with E-state index in [1.165, 1.54) is 36.4 Å². The normalized spacial score (nSPS) is 13.4. The third-order valence-electron chi connectivity index (χ3n) is 6.23. The molecular formula is C21H42ClN3O2SSi. The molecule has 0 aliphatic heterocycles. The first-order valence-electron chi connectivity index (χ1n) is 10.9. The van der Waals surface area contributed by atoms with Crippen LogP contribution in [0.5, 0.6) is 0 Å². The molecule has 1 aromatic heterocycles. The highest BCUT2D eigenvalue weighted by Crippen LogP contribution is 2.35. The van der Waals surface area contributed by atoms with E-state index >= 15 is 0 Å². The van der Waals surface area contributed by atoms with Crippen molar-refractivity contribution in [1.82, 2.24) is 13.3 Å². The Morgan fingerprint density at radius 2 is 1.48 bits per heavy atom. The van der Waals surface area contributed by atoms with Crippen molar-refractivity contribution in [3.63, 3.8) is 0 Å². The maximum atomic E-state index is 13.1. The van der Waals surface area contributed by atoms with Gasteiger partial charge in [-0.3, -0.25) is 0 Å². The highest BCUT2D eigenvalue weighted by Gasteiger charge is 2.43. The van der Waals surface area contributed by atoms with Gasteiger partial charge >= 0.3 is 10.2 Å². The van der Waals surface area contributed by atoms with E-state index in [0.717, 1.165) is 42.7 Å². The summed E-state index contributed by atoms with van der Waals surface area (Å²) in [5, 5.41) is 0.0126. The standard InChI is InChI=1S/C21H42ClN3O2SSi/c1-21(2,3)29(6,7)20-23-18-19(25(20)28(26,27)24(4)5)16-14-12-10-8-9-11-13-15-17-22/h18H,8-17H2,1-7H3. The number of unbranched alkanes of at least 4 members (excludes halogenated alkanes) is 7. The zero-order valence-corrected chi connectivity index (χ0v) is 22.2. The zero-order valence-electron chi connectivity index (χ0n) is 19.6. The molecule has 1 aromatic rings. The molecule has 0 bridgehead atoms. The highest BCUT2D eigenvalue weighted by molar-refractivity contribution is 7.87. The van der Waals surface area contributed by atoms with Gasteiger partial charge in [0.15, 0.2) is 0 Å². The van der Waals surface area contributed by atoms with E-state index in [9.17, 15) is 8.42 Å². The van der Waals surface area contributed by atoms with Crippen molar-refractivity contribution >= 4 is 35.3 Å². The van der Waals surface area contributed by atoms with Gasteiger partial charge in [0.05, 0.1) is 5.69 Å². The molecule has 8 heteroatoms. The first-order valence-corrected chi connectivity index (χ1v) is 15.9. The monoisotopic (exact) mass is 463 g/mol. The Morgan fingerprint density at radius 1 is 1.00 bits per heavy atom.